The van der Waals surface area contributed by atoms with E-state index in [0.717, 1.165) is 43.0 Å². The Bertz CT molecular complexity index is 1270. The highest BCUT2D eigenvalue weighted by Crippen LogP contribution is 2.68. The molecular weight excluding hydrogens is 568 g/mol. The van der Waals surface area contributed by atoms with Gasteiger partial charge in [-0.25, -0.2) is 0 Å². The number of carbonyl (C=O) groups is 3. The van der Waals surface area contributed by atoms with Crippen LogP contribution in [-0.4, -0.2) is 63.7 Å². The van der Waals surface area contributed by atoms with E-state index < -0.39 is 28.4 Å². The maximum Gasteiger partial charge on any atom is 0.320 e. The molecule has 4 aliphatic carbocycles. The SMILES string of the molecule is CSC(=O)[C@H](O)[C@@]12O[C@@H]([C@@H](C)[C@H]3CC[C@H]4[C@@H]5[C@H](OC(C)=O)CC6=CC(=O)C=C[C@]6(C)[C@H]5CC[C@]34C)C[C@@](C)(O1)C(C)(C)O2. The molecule has 9 heteroatoms. The smallest absolute Gasteiger partial charge is 0.320 e. The van der Waals surface area contributed by atoms with Crippen LogP contribution in [0.3, 0.4) is 0 Å². The Morgan fingerprint density at radius 3 is 2.49 bits per heavy atom. The summed E-state index contributed by atoms with van der Waals surface area (Å²) in [5, 5.41) is 10.7. The molecule has 0 aromatic carbocycles. The van der Waals surface area contributed by atoms with Gasteiger partial charge >= 0.3 is 11.9 Å². The van der Waals surface area contributed by atoms with E-state index in [9.17, 15) is 19.5 Å². The molecule has 0 spiro atoms. The lowest BCUT2D eigenvalue weighted by Crippen LogP contribution is -2.59. The van der Waals surface area contributed by atoms with E-state index >= 15 is 0 Å². The third kappa shape index (κ3) is 4.57. The topological polar surface area (TPSA) is 108 Å². The number of hydrogen-bond acceptors (Lipinski definition) is 9. The van der Waals surface area contributed by atoms with Crippen LogP contribution in [0.25, 0.3) is 0 Å². The summed E-state index contributed by atoms with van der Waals surface area (Å²) in [6.07, 6.45) is 10.4. The minimum absolute atomic E-state index is 0.0103. The summed E-state index contributed by atoms with van der Waals surface area (Å²) in [5.74, 6) is -0.835. The highest BCUT2D eigenvalue weighted by molar-refractivity contribution is 8.13. The Morgan fingerprint density at radius 1 is 1.09 bits per heavy atom. The van der Waals surface area contributed by atoms with Gasteiger partial charge in [0.25, 0.3) is 0 Å². The highest BCUT2D eigenvalue weighted by Gasteiger charge is 2.70. The van der Waals surface area contributed by atoms with Gasteiger partial charge in [0.2, 0.25) is 11.2 Å². The lowest BCUT2D eigenvalue weighted by atomic mass is 9.46. The largest absolute Gasteiger partial charge is 0.462 e. The molecule has 2 bridgehead atoms. The lowest BCUT2D eigenvalue weighted by molar-refractivity contribution is -0.417. The fourth-order valence-electron chi connectivity index (χ4n) is 10.3. The summed E-state index contributed by atoms with van der Waals surface area (Å²) >= 11 is 0.937. The summed E-state index contributed by atoms with van der Waals surface area (Å²) in [6, 6.07) is 0. The normalized spacial score (nSPS) is 47.6. The summed E-state index contributed by atoms with van der Waals surface area (Å²) in [4.78, 5) is 37.4. The van der Waals surface area contributed by atoms with E-state index in [1.165, 1.54) is 6.92 Å². The molecule has 0 aromatic rings. The molecule has 43 heavy (non-hydrogen) atoms. The number of rotatable bonds is 5. The molecule has 2 saturated heterocycles. The zero-order valence-corrected chi connectivity index (χ0v) is 27.6. The predicted molar refractivity (Wildman–Crippen MR) is 162 cm³/mol. The average Bonchev–Trinajstić information content (AvgIpc) is 3.35. The minimum atomic E-state index is -1.84. The highest BCUT2D eigenvalue weighted by atomic mass is 32.2. The van der Waals surface area contributed by atoms with E-state index in [2.05, 4.69) is 26.8 Å². The van der Waals surface area contributed by atoms with Gasteiger partial charge in [-0.3, -0.25) is 14.4 Å². The van der Waals surface area contributed by atoms with E-state index in [1.54, 1.807) is 18.4 Å². The van der Waals surface area contributed by atoms with Gasteiger partial charge in [-0.05, 0) is 93.9 Å². The second-order valence-electron chi connectivity index (χ2n) is 15.3. The lowest BCUT2D eigenvalue weighted by Gasteiger charge is -2.59. The second kappa shape index (κ2) is 10.2. The third-order valence-electron chi connectivity index (χ3n) is 12.9. The summed E-state index contributed by atoms with van der Waals surface area (Å²) in [7, 11) is 0. The van der Waals surface area contributed by atoms with Crippen LogP contribution in [0, 0.1) is 40.4 Å². The molecule has 12 atom stereocenters. The number of carbonyl (C=O) groups excluding carboxylic acids is 3. The van der Waals surface area contributed by atoms with Gasteiger partial charge < -0.3 is 24.1 Å². The molecule has 2 aliphatic heterocycles. The van der Waals surface area contributed by atoms with Crippen molar-refractivity contribution < 1.29 is 38.4 Å². The van der Waals surface area contributed by atoms with Crippen LogP contribution in [0.4, 0.5) is 0 Å². The Labute approximate surface area is 259 Å². The van der Waals surface area contributed by atoms with E-state index in [0.29, 0.717) is 24.7 Å². The van der Waals surface area contributed by atoms with Crippen molar-refractivity contribution in [2.24, 2.45) is 40.4 Å². The summed E-state index contributed by atoms with van der Waals surface area (Å²) in [5.41, 5.74) is -0.649. The summed E-state index contributed by atoms with van der Waals surface area (Å²) in [6.45, 7) is 14.3. The van der Waals surface area contributed by atoms with Crippen LogP contribution < -0.4 is 0 Å². The molecular formula is C34H48O8S. The molecule has 0 radical (unpaired) electrons. The number of hydrogen-bond donors (Lipinski definition) is 1. The fraction of sp³-hybridized carbons (Fsp3) is 0.794. The van der Waals surface area contributed by atoms with Crippen molar-refractivity contribution in [2.75, 3.05) is 6.26 Å². The maximum atomic E-state index is 12.7. The standard InChI is InChI=1S/C34H48O8S/c1-18(26-17-33(7)30(3,4)41-34(40-26,42-33)28(37)29(38)43-8)22-9-10-23-27-24(12-14-32(22,23)6)31(5)13-11-21(36)15-20(31)16-25(27)39-19(2)35/h11,13,15,18,22-28,37H,9-10,12,14,16-17H2,1-8H3/t18-,22+,23-,24-,25+,26+,27-,28-,31-,32+,33+,34-/m0/s1. The first-order valence-electron chi connectivity index (χ1n) is 16.0. The molecule has 0 unspecified atom stereocenters. The fourth-order valence-corrected chi connectivity index (χ4v) is 10.6. The molecule has 8 nitrogen and oxygen atoms in total. The third-order valence-corrected chi connectivity index (χ3v) is 13.5. The molecule has 6 rings (SSSR count). The molecule has 1 N–H and O–H groups in total. The number of esters is 1. The molecule has 238 valence electrons. The Morgan fingerprint density at radius 2 is 1.81 bits per heavy atom. The monoisotopic (exact) mass is 616 g/mol. The van der Waals surface area contributed by atoms with Crippen LogP contribution in [0.15, 0.2) is 23.8 Å². The van der Waals surface area contributed by atoms with Gasteiger partial charge in [-0.15, -0.1) is 0 Å². The molecule has 0 aromatic heterocycles. The van der Waals surface area contributed by atoms with Gasteiger partial charge in [0.05, 0.1) is 11.7 Å². The van der Waals surface area contributed by atoms with Gasteiger partial charge in [-0.2, -0.15) is 0 Å². The van der Waals surface area contributed by atoms with Crippen molar-refractivity contribution in [3.05, 3.63) is 23.8 Å². The average molecular weight is 617 g/mol. The van der Waals surface area contributed by atoms with Crippen molar-refractivity contribution in [1.29, 1.82) is 0 Å². The van der Waals surface area contributed by atoms with E-state index in [-0.39, 0.29) is 52.5 Å². The molecule has 3 saturated carbocycles. The maximum absolute atomic E-state index is 12.7. The Balaban J connectivity index is 1.31. The van der Waals surface area contributed by atoms with Crippen molar-refractivity contribution in [1.82, 2.24) is 0 Å². The summed E-state index contributed by atoms with van der Waals surface area (Å²) < 4.78 is 25.3. The van der Waals surface area contributed by atoms with E-state index in [4.69, 9.17) is 18.9 Å². The first-order chi connectivity index (χ1) is 20.0. The molecule has 5 fully saturated rings. The number of fused-ring (bicyclic) bond motifs is 7. The van der Waals surface area contributed by atoms with Gasteiger partial charge in [-0.1, -0.05) is 44.2 Å². The van der Waals surface area contributed by atoms with Crippen LogP contribution in [0.5, 0.6) is 0 Å². The van der Waals surface area contributed by atoms with Gasteiger partial charge in [0.1, 0.15) is 11.7 Å². The predicted octanol–water partition coefficient (Wildman–Crippen LogP) is 5.37. The Kier molecular flexibility index (Phi) is 7.50. The van der Waals surface area contributed by atoms with Crippen molar-refractivity contribution in [3.63, 3.8) is 0 Å². The Hall–Kier alpha value is -1.52. The quantitative estimate of drug-likeness (QED) is 0.408. The van der Waals surface area contributed by atoms with Crippen molar-refractivity contribution in [2.45, 2.75) is 122 Å². The zero-order valence-electron chi connectivity index (χ0n) is 26.8. The van der Waals surface area contributed by atoms with Crippen molar-refractivity contribution in [3.8, 4) is 0 Å². The number of aliphatic hydroxyl groups is 1. The number of ketones is 1. The minimum Gasteiger partial charge on any atom is -0.462 e. The van der Waals surface area contributed by atoms with Crippen LogP contribution in [-0.2, 0) is 33.3 Å². The van der Waals surface area contributed by atoms with Gasteiger partial charge in [0, 0.05) is 31.1 Å². The van der Waals surface area contributed by atoms with Crippen LogP contribution in [0.2, 0.25) is 0 Å². The van der Waals surface area contributed by atoms with Crippen molar-refractivity contribution >= 4 is 28.6 Å². The molecule has 0 amide bonds. The first-order valence-corrected chi connectivity index (χ1v) is 17.2. The number of thioether (sulfide) groups is 1. The second-order valence-corrected chi connectivity index (χ2v) is 16.1. The van der Waals surface area contributed by atoms with Crippen LogP contribution in [0.1, 0.15) is 87.0 Å². The van der Waals surface area contributed by atoms with Gasteiger partial charge in [0.15, 0.2) is 5.78 Å². The van der Waals surface area contributed by atoms with E-state index in [1.807, 2.05) is 20.8 Å². The number of aliphatic hydroxyl groups excluding tert-OH is 1. The molecule has 2 heterocycles. The first kappa shape index (κ1) is 31.5. The molecule has 6 aliphatic rings. The van der Waals surface area contributed by atoms with Crippen LogP contribution >= 0.6 is 11.8 Å². The number of allylic oxidation sites excluding steroid dienone is 3. The zero-order chi connectivity index (χ0) is 31.3. The number of ether oxygens (including phenoxy) is 4.